The molecule has 2 aliphatic rings. The molecule has 4 heteroatoms. The van der Waals surface area contributed by atoms with Gasteiger partial charge in [-0.05, 0) is 52.9 Å². The first-order chi connectivity index (χ1) is 8.75. The van der Waals surface area contributed by atoms with Gasteiger partial charge in [-0.1, -0.05) is 6.92 Å². The zero-order chi connectivity index (χ0) is 14.3. The van der Waals surface area contributed by atoms with Crippen LogP contribution < -0.4 is 0 Å². The number of carbonyl (C=O) groups excluding carboxylic acids is 2. The largest absolute Gasteiger partial charge is 0.455 e. The number of ether oxygens (including phenoxy) is 2. The van der Waals surface area contributed by atoms with Crippen LogP contribution in [0.1, 0.15) is 66.2 Å². The lowest BCUT2D eigenvalue weighted by molar-refractivity contribution is -0.189. The van der Waals surface area contributed by atoms with Crippen LogP contribution in [0.2, 0.25) is 0 Å². The highest BCUT2D eigenvalue weighted by atomic mass is 16.6. The van der Waals surface area contributed by atoms with E-state index in [-0.39, 0.29) is 18.4 Å². The summed E-state index contributed by atoms with van der Waals surface area (Å²) in [5.41, 5.74) is -1.90. The minimum absolute atomic E-state index is 0.179. The normalized spacial score (nSPS) is 29.6. The summed E-state index contributed by atoms with van der Waals surface area (Å²) in [6.07, 6.45) is 4.54. The Kier molecular flexibility index (Phi) is 3.40. The van der Waals surface area contributed by atoms with Crippen molar-refractivity contribution in [2.75, 3.05) is 0 Å². The quantitative estimate of drug-likeness (QED) is 0.738. The summed E-state index contributed by atoms with van der Waals surface area (Å²) in [6, 6.07) is 0. The van der Waals surface area contributed by atoms with Crippen LogP contribution in [-0.2, 0) is 19.1 Å². The zero-order valence-corrected chi connectivity index (χ0v) is 12.4. The van der Waals surface area contributed by atoms with Gasteiger partial charge in [-0.3, -0.25) is 9.59 Å². The first-order valence-corrected chi connectivity index (χ1v) is 7.20. The van der Waals surface area contributed by atoms with Crippen molar-refractivity contribution >= 4 is 11.9 Å². The maximum atomic E-state index is 12.3. The molecule has 1 saturated heterocycles. The van der Waals surface area contributed by atoms with Gasteiger partial charge in [0.05, 0.1) is 11.8 Å². The summed E-state index contributed by atoms with van der Waals surface area (Å²) in [6.45, 7) is 7.56. The average Bonchev–Trinajstić information content (AvgIpc) is 2.86. The Hall–Kier alpha value is -1.06. The van der Waals surface area contributed by atoms with Gasteiger partial charge in [0.1, 0.15) is 0 Å². The van der Waals surface area contributed by atoms with Gasteiger partial charge in [-0.2, -0.15) is 0 Å². The van der Waals surface area contributed by atoms with Crippen molar-refractivity contribution in [3.8, 4) is 0 Å². The highest BCUT2D eigenvalue weighted by molar-refractivity contribution is 5.79. The predicted octanol–water partition coefficient (Wildman–Crippen LogP) is 2.98. The number of esters is 2. The molecule has 0 bridgehead atoms. The van der Waals surface area contributed by atoms with E-state index in [0.29, 0.717) is 6.42 Å². The molecule has 1 saturated carbocycles. The monoisotopic (exact) mass is 268 g/mol. The average molecular weight is 268 g/mol. The Balaban J connectivity index is 2.21. The molecule has 0 aromatic carbocycles. The second kappa shape index (κ2) is 4.50. The Bertz CT molecular complexity index is 393. The Morgan fingerprint density at radius 3 is 2.47 bits per heavy atom. The minimum atomic E-state index is -0.801. The standard InChI is InChI=1S/C15H24O4/c1-5-13(2,3)12(17)19-14(4)10-11(16)18-15(14)8-6-7-9-15/h5-10H2,1-4H3. The van der Waals surface area contributed by atoms with Crippen molar-refractivity contribution in [1.82, 2.24) is 0 Å². The van der Waals surface area contributed by atoms with Gasteiger partial charge >= 0.3 is 11.9 Å². The highest BCUT2D eigenvalue weighted by Gasteiger charge is 2.62. The first-order valence-electron chi connectivity index (χ1n) is 7.20. The van der Waals surface area contributed by atoms with E-state index in [1.807, 2.05) is 27.7 Å². The molecule has 1 atom stereocenters. The number of hydrogen-bond acceptors (Lipinski definition) is 4. The predicted molar refractivity (Wildman–Crippen MR) is 70.5 cm³/mol. The molecular weight excluding hydrogens is 244 g/mol. The van der Waals surface area contributed by atoms with Gasteiger partial charge in [-0.15, -0.1) is 0 Å². The van der Waals surface area contributed by atoms with Crippen LogP contribution in [0.3, 0.4) is 0 Å². The molecule has 4 nitrogen and oxygen atoms in total. The van der Waals surface area contributed by atoms with Crippen molar-refractivity contribution in [3.05, 3.63) is 0 Å². The smallest absolute Gasteiger partial charge is 0.312 e. The van der Waals surface area contributed by atoms with E-state index in [0.717, 1.165) is 25.7 Å². The third-order valence-corrected chi connectivity index (χ3v) is 4.92. The van der Waals surface area contributed by atoms with Crippen LogP contribution in [-0.4, -0.2) is 23.1 Å². The maximum absolute atomic E-state index is 12.3. The molecule has 1 heterocycles. The number of rotatable bonds is 3. The summed E-state index contributed by atoms with van der Waals surface area (Å²) in [5, 5.41) is 0. The molecule has 108 valence electrons. The molecule has 0 aromatic heterocycles. The second-order valence-corrected chi connectivity index (χ2v) is 6.71. The van der Waals surface area contributed by atoms with Gasteiger partial charge in [0.25, 0.3) is 0 Å². The third-order valence-electron chi connectivity index (χ3n) is 4.92. The van der Waals surface area contributed by atoms with Gasteiger partial charge in [0.15, 0.2) is 11.2 Å². The third kappa shape index (κ3) is 2.26. The second-order valence-electron chi connectivity index (χ2n) is 6.71. The molecule has 0 N–H and O–H groups in total. The fourth-order valence-electron chi connectivity index (χ4n) is 2.99. The Morgan fingerprint density at radius 1 is 1.37 bits per heavy atom. The fraction of sp³-hybridized carbons (Fsp3) is 0.867. The van der Waals surface area contributed by atoms with Gasteiger partial charge < -0.3 is 9.47 Å². The van der Waals surface area contributed by atoms with E-state index < -0.39 is 16.6 Å². The van der Waals surface area contributed by atoms with Gasteiger partial charge in [0, 0.05) is 0 Å². The van der Waals surface area contributed by atoms with Gasteiger partial charge in [0.2, 0.25) is 0 Å². The molecule has 19 heavy (non-hydrogen) atoms. The number of hydrogen-bond donors (Lipinski definition) is 0. The molecule has 0 amide bonds. The van der Waals surface area contributed by atoms with E-state index in [1.165, 1.54) is 0 Å². The molecule has 1 unspecified atom stereocenters. The lowest BCUT2D eigenvalue weighted by atomic mass is 9.81. The summed E-state index contributed by atoms with van der Waals surface area (Å²) in [4.78, 5) is 24.0. The Morgan fingerprint density at radius 2 is 1.95 bits per heavy atom. The first kappa shape index (κ1) is 14.4. The van der Waals surface area contributed by atoms with E-state index in [9.17, 15) is 9.59 Å². The van der Waals surface area contributed by atoms with E-state index in [4.69, 9.17) is 9.47 Å². The van der Waals surface area contributed by atoms with Crippen LogP contribution in [0.5, 0.6) is 0 Å². The van der Waals surface area contributed by atoms with E-state index in [1.54, 1.807) is 0 Å². The van der Waals surface area contributed by atoms with Crippen LogP contribution in [0, 0.1) is 5.41 Å². The van der Waals surface area contributed by atoms with Crippen molar-refractivity contribution in [2.45, 2.75) is 77.4 Å². The fourth-order valence-corrected chi connectivity index (χ4v) is 2.99. The molecule has 1 spiro atoms. The summed E-state index contributed by atoms with van der Waals surface area (Å²) in [7, 11) is 0. The molecule has 2 rings (SSSR count). The summed E-state index contributed by atoms with van der Waals surface area (Å²) >= 11 is 0. The molecule has 0 aromatic rings. The van der Waals surface area contributed by atoms with Crippen molar-refractivity contribution in [3.63, 3.8) is 0 Å². The van der Waals surface area contributed by atoms with Crippen molar-refractivity contribution in [1.29, 1.82) is 0 Å². The Labute approximate surface area is 114 Å². The van der Waals surface area contributed by atoms with Crippen LogP contribution in [0.15, 0.2) is 0 Å². The summed E-state index contributed by atoms with van der Waals surface area (Å²) < 4.78 is 11.3. The molecule has 1 aliphatic carbocycles. The van der Waals surface area contributed by atoms with E-state index >= 15 is 0 Å². The zero-order valence-electron chi connectivity index (χ0n) is 12.4. The molecule has 1 aliphatic heterocycles. The maximum Gasteiger partial charge on any atom is 0.312 e. The molecule has 0 radical (unpaired) electrons. The molecular formula is C15H24O4. The highest BCUT2D eigenvalue weighted by Crippen LogP contribution is 2.50. The van der Waals surface area contributed by atoms with Crippen molar-refractivity contribution in [2.24, 2.45) is 5.41 Å². The lowest BCUT2D eigenvalue weighted by Crippen LogP contribution is -2.51. The minimum Gasteiger partial charge on any atom is -0.455 e. The lowest BCUT2D eigenvalue weighted by Gasteiger charge is -2.39. The number of carbonyl (C=O) groups is 2. The van der Waals surface area contributed by atoms with Crippen LogP contribution in [0.25, 0.3) is 0 Å². The van der Waals surface area contributed by atoms with E-state index in [2.05, 4.69) is 0 Å². The van der Waals surface area contributed by atoms with Crippen molar-refractivity contribution < 1.29 is 19.1 Å². The summed E-state index contributed by atoms with van der Waals surface area (Å²) in [5.74, 6) is -0.478. The van der Waals surface area contributed by atoms with Gasteiger partial charge in [-0.25, -0.2) is 0 Å². The molecule has 2 fully saturated rings. The topological polar surface area (TPSA) is 52.6 Å². The SMILES string of the molecule is CCC(C)(C)C(=O)OC1(C)CC(=O)OC12CCCC2. The van der Waals surface area contributed by atoms with Crippen LogP contribution in [0.4, 0.5) is 0 Å². The van der Waals surface area contributed by atoms with Crippen LogP contribution >= 0.6 is 0 Å².